The first-order chi connectivity index (χ1) is 17.3. The first-order valence-electron chi connectivity index (χ1n) is 11.2. The summed E-state index contributed by atoms with van der Waals surface area (Å²) >= 11 is 6.06. The van der Waals surface area contributed by atoms with E-state index in [0.29, 0.717) is 46.8 Å². The maximum atomic E-state index is 13.5. The van der Waals surface area contributed by atoms with Crippen LogP contribution in [-0.4, -0.2) is 32.0 Å². The number of carbonyl (C=O) groups is 1. The van der Waals surface area contributed by atoms with Crippen LogP contribution >= 0.6 is 11.6 Å². The maximum Gasteiger partial charge on any atom is 0.331 e. The van der Waals surface area contributed by atoms with Crippen LogP contribution in [0.2, 0.25) is 5.02 Å². The molecule has 11 nitrogen and oxygen atoms in total. The summed E-state index contributed by atoms with van der Waals surface area (Å²) in [6.07, 6.45) is 0.793. The summed E-state index contributed by atoms with van der Waals surface area (Å²) in [6, 6.07) is 8.22. The molecule has 1 aliphatic heterocycles. The van der Waals surface area contributed by atoms with Crippen LogP contribution in [0.15, 0.2) is 44.4 Å². The van der Waals surface area contributed by atoms with Crippen LogP contribution in [0.5, 0.6) is 11.5 Å². The van der Waals surface area contributed by atoms with Gasteiger partial charge in [-0.2, -0.15) is 4.98 Å². The maximum absolute atomic E-state index is 13.5. The number of amides is 1. The fraction of sp³-hybridized carbons (Fsp3) is 0.292. The monoisotopic (exact) mass is 511 g/mol. The number of aromatic nitrogens is 4. The van der Waals surface area contributed by atoms with E-state index in [4.69, 9.17) is 25.6 Å². The van der Waals surface area contributed by atoms with E-state index in [9.17, 15) is 14.4 Å². The molecule has 0 saturated carbocycles. The molecule has 1 N–H and O–H groups in total. The molecule has 3 heterocycles. The summed E-state index contributed by atoms with van der Waals surface area (Å²) in [6.45, 7) is 3.31. The minimum absolute atomic E-state index is 0.00219. The first kappa shape index (κ1) is 23.6. The van der Waals surface area contributed by atoms with Gasteiger partial charge in [-0.3, -0.25) is 18.7 Å². The Labute approximate surface area is 209 Å². The Morgan fingerprint density at radius 1 is 1.11 bits per heavy atom. The lowest BCUT2D eigenvalue weighted by Gasteiger charge is -2.15. The van der Waals surface area contributed by atoms with Crippen LogP contribution in [0.3, 0.4) is 0 Å². The number of rotatable bonds is 7. The smallest absolute Gasteiger partial charge is 0.331 e. The SMILES string of the molecule is Cc1noc(CCCn2c(=O)c3cc4c(cc3n(CC(=O)Nc3cc(Cl)ccc3C)c2=O)OCO4)n1. The summed E-state index contributed by atoms with van der Waals surface area (Å²) in [5.41, 5.74) is 0.514. The predicted molar refractivity (Wildman–Crippen MR) is 131 cm³/mol. The van der Waals surface area contributed by atoms with E-state index in [1.807, 2.05) is 6.92 Å². The third-order valence-electron chi connectivity index (χ3n) is 5.84. The molecule has 0 fully saturated rings. The van der Waals surface area contributed by atoms with Gasteiger partial charge in [0.05, 0.1) is 10.9 Å². The van der Waals surface area contributed by atoms with Crippen LogP contribution in [0.25, 0.3) is 10.9 Å². The highest BCUT2D eigenvalue weighted by atomic mass is 35.5. The fourth-order valence-corrected chi connectivity index (χ4v) is 4.22. The molecule has 1 amide bonds. The van der Waals surface area contributed by atoms with Crippen LogP contribution in [-0.2, 0) is 24.3 Å². The quantitative estimate of drug-likeness (QED) is 0.401. The molecule has 0 spiro atoms. The Morgan fingerprint density at radius 3 is 2.64 bits per heavy atom. The van der Waals surface area contributed by atoms with E-state index in [0.717, 1.165) is 10.1 Å². The lowest BCUT2D eigenvalue weighted by molar-refractivity contribution is -0.116. The molecule has 0 aliphatic carbocycles. The summed E-state index contributed by atoms with van der Waals surface area (Å²) in [4.78, 5) is 43.9. The lowest BCUT2D eigenvalue weighted by Crippen LogP contribution is -2.42. The van der Waals surface area contributed by atoms with Gasteiger partial charge in [0.2, 0.25) is 18.6 Å². The summed E-state index contributed by atoms with van der Waals surface area (Å²) in [5.74, 6) is 1.27. The van der Waals surface area contributed by atoms with Gasteiger partial charge in [0.25, 0.3) is 5.56 Å². The zero-order valence-corrected chi connectivity index (χ0v) is 20.3. The fourth-order valence-electron chi connectivity index (χ4n) is 4.05. The molecule has 0 atom stereocenters. The summed E-state index contributed by atoms with van der Waals surface area (Å²) < 4.78 is 18.3. The molecule has 1 aliphatic rings. The highest BCUT2D eigenvalue weighted by Crippen LogP contribution is 2.34. The zero-order chi connectivity index (χ0) is 25.4. The second-order valence-electron chi connectivity index (χ2n) is 8.39. The first-order valence-corrected chi connectivity index (χ1v) is 11.6. The largest absolute Gasteiger partial charge is 0.454 e. The van der Waals surface area contributed by atoms with Crippen molar-refractivity contribution < 1.29 is 18.8 Å². The van der Waals surface area contributed by atoms with Gasteiger partial charge in [-0.15, -0.1) is 0 Å². The molecule has 4 aromatic rings. The Bertz CT molecular complexity index is 1610. The van der Waals surface area contributed by atoms with Gasteiger partial charge in [-0.25, -0.2) is 4.79 Å². The second kappa shape index (κ2) is 9.50. The molecular formula is C24H22ClN5O6. The van der Waals surface area contributed by atoms with E-state index >= 15 is 0 Å². The molecule has 2 aromatic carbocycles. The zero-order valence-electron chi connectivity index (χ0n) is 19.5. The van der Waals surface area contributed by atoms with Crippen LogP contribution in [0, 0.1) is 13.8 Å². The average Bonchev–Trinajstić information content (AvgIpc) is 3.48. The number of nitrogens with one attached hydrogen (secondary N) is 1. The molecule has 0 unspecified atom stereocenters. The number of aryl methyl sites for hydroxylation is 3. The minimum Gasteiger partial charge on any atom is -0.454 e. The van der Waals surface area contributed by atoms with Crippen molar-refractivity contribution in [3.05, 3.63) is 73.5 Å². The number of fused-ring (bicyclic) bond motifs is 2. The number of hydrogen-bond acceptors (Lipinski definition) is 8. The molecular weight excluding hydrogens is 490 g/mol. The van der Waals surface area contributed by atoms with E-state index in [2.05, 4.69) is 15.5 Å². The number of benzene rings is 2. The van der Waals surface area contributed by atoms with Crippen molar-refractivity contribution in [2.24, 2.45) is 0 Å². The number of carbonyl (C=O) groups excluding carboxylic acids is 1. The minimum atomic E-state index is -0.619. The van der Waals surface area contributed by atoms with E-state index < -0.39 is 17.2 Å². The molecule has 12 heteroatoms. The number of nitrogens with zero attached hydrogens (tertiary/aromatic N) is 4. The Morgan fingerprint density at radius 2 is 1.89 bits per heavy atom. The molecule has 5 rings (SSSR count). The van der Waals surface area contributed by atoms with Crippen molar-refractivity contribution in [1.82, 2.24) is 19.3 Å². The molecule has 0 bridgehead atoms. The molecule has 36 heavy (non-hydrogen) atoms. The molecule has 2 aromatic heterocycles. The van der Waals surface area contributed by atoms with Crippen molar-refractivity contribution in [2.45, 2.75) is 39.8 Å². The number of hydrogen-bond donors (Lipinski definition) is 1. The van der Waals surface area contributed by atoms with Gasteiger partial charge >= 0.3 is 5.69 Å². The van der Waals surface area contributed by atoms with Crippen LogP contribution < -0.4 is 26.0 Å². The molecule has 186 valence electrons. The summed E-state index contributed by atoms with van der Waals surface area (Å²) in [5, 5.41) is 7.24. The van der Waals surface area contributed by atoms with Gasteiger partial charge in [0, 0.05) is 29.7 Å². The lowest BCUT2D eigenvalue weighted by atomic mass is 10.2. The third-order valence-corrected chi connectivity index (χ3v) is 6.07. The van der Waals surface area contributed by atoms with E-state index in [1.54, 1.807) is 31.2 Å². The number of ether oxygens (including phenoxy) is 2. The summed E-state index contributed by atoms with van der Waals surface area (Å²) in [7, 11) is 0. The van der Waals surface area contributed by atoms with Crippen molar-refractivity contribution in [3.8, 4) is 11.5 Å². The highest BCUT2D eigenvalue weighted by molar-refractivity contribution is 6.31. The topological polar surface area (TPSA) is 130 Å². The third kappa shape index (κ3) is 4.57. The van der Waals surface area contributed by atoms with Crippen molar-refractivity contribution in [1.29, 1.82) is 0 Å². The Hall–Kier alpha value is -4.12. The van der Waals surface area contributed by atoms with Crippen molar-refractivity contribution in [2.75, 3.05) is 12.1 Å². The van der Waals surface area contributed by atoms with Gasteiger partial charge in [0.1, 0.15) is 6.54 Å². The van der Waals surface area contributed by atoms with E-state index in [-0.39, 0.29) is 30.8 Å². The number of halogens is 1. The van der Waals surface area contributed by atoms with Crippen LogP contribution in [0.4, 0.5) is 5.69 Å². The average molecular weight is 512 g/mol. The molecule has 0 saturated heterocycles. The van der Waals surface area contributed by atoms with Gasteiger partial charge in [0.15, 0.2) is 17.3 Å². The molecule has 0 radical (unpaired) electrons. The second-order valence-corrected chi connectivity index (χ2v) is 8.83. The van der Waals surface area contributed by atoms with Crippen molar-refractivity contribution >= 4 is 34.1 Å². The van der Waals surface area contributed by atoms with Crippen LogP contribution in [0.1, 0.15) is 23.7 Å². The highest BCUT2D eigenvalue weighted by Gasteiger charge is 2.22. The van der Waals surface area contributed by atoms with Gasteiger partial charge in [-0.1, -0.05) is 22.8 Å². The number of anilines is 1. The normalized spacial score (nSPS) is 12.3. The Kier molecular flexibility index (Phi) is 6.23. The van der Waals surface area contributed by atoms with Crippen molar-refractivity contribution in [3.63, 3.8) is 0 Å². The van der Waals surface area contributed by atoms with Gasteiger partial charge < -0.3 is 19.3 Å². The predicted octanol–water partition coefficient (Wildman–Crippen LogP) is 2.82. The standard InChI is InChI=1S/C24H22ClN5O6/c1-13-5-6-15(25)8-17(13)27-21(31)11-30-18-10-20-19(34-12-35-20)9-16(18)23(32)29(24(30)33)7-3-4-22-26-14(2)28-36-22/h5-6,8-10H,3-4,7,11-12H2,1-2H3,(H,27,31). The van der Waals surface area contributed by atoms with E-state index in [1.165, 1.54) is 10.6 Å². The van der Waals surface area contributed by atoms with Gasteiger partial charge in [-0.05, 0) is 44.0 Å². The Balaban J connectivity index is 1.51.